The highest BCUT2D eigenvalue weighted by Gasteiger charge is 2.27. The van der Waals surface area contributed by atoms with Gasteiger partial charge < -0.3 is 10.5 Å². The predicted molar refractivity (Wildman–Crippen MR) is 82.5 cm³/mol. The maximum absolute atomic E-state index is 6.56. The van der Waals surface area contributed by atoms with Crippen LogP contribution in [-0.4, -0.2) is 7.11 Å². The SMILES string of the molecule is COc1ccc(C)cc1C(C)(N)c1ccc(Br)cc1. The van der Waals surface area contributed by atoms with Gasteiger partial charge in [-0.25, -0.2) is 0 Å². The van der Waals surface area contributed by atoms with E-state index in [0.29, 0.717) is 0 Å². The first-order valence-electron chi connectivity index (χ1n) is 6.15. The molecule has 0 heterocycles. The fraction of sp³-hybridized carbons (Fsp3) is 0.250. The quantitative estimate of drug-likeness (QED) is 0.928. The first-order valence-corrected chi connectivity index (χ1v) is 6.94. The molecule has 0 radical (unpaired) electrons. The van der Waals surface area contributed by atoms with Crippen molar-refractivity contribution in [3.8, 4) is 5.75 Å². The zero-order valence-corrected chi connectivity index (χ0v) is 13.0. The minimum absolute atomic E-state index is 0.585. The van der Waals surface area contributed by atoms with Gasteiger partial charge in [0.1, 0.15) is 5.75 Å². The highest BCUT2D eigenvalue weighted by Crippen LogP contribution is 2.34. The Hall–Kier alpha value is -1.32. The predicted octanol–water partition coefficient (Wildman–Crippen LogP) is 3.99. The lowest BCUT2D eigenvalue weighted by atomic mass is 9.84. The summed E-state index contributed by atoms with van der Waals surface area (Å²) in [6, 6.07) is 14.2. The molecule has 100 valence electrons. The molecule has 2 aromatic rings. The van der Waals surface area contributed by atoms with Crippen LogP contribution in [0.2, 0.25) is 0 Å². The van der Waals surface area contributed by atoms with Gasteiger partial charge in [0.2, 0.25) is 0 Å². The van der Waals surface area contributed by atoms with Crippen LogP contribution in [-0.2, 0) is 5.54 Å². The molecule has 0 aliphatic heterocycles. The van der Waals surface area contributed by atoms with Crippen molar-refractivity contribution in [2.24, 2.45) is 5.73 Å². The van der Waals surface area contributed by atoms with Gasteiger partial charge in [-0.3, -0.25) is 0 Å². The van der Waals surface area contributed by atoms with E-state index in [1.54, 1.807) is 7.11 Å². The first kappa shape index (κ1) is 14.1. The lowest BCUT2D eigenvalue weighted by molar-refractivity contribution is 0.398. The number of hydrogen-bond acceptors (Lipinski definition) is 2. The van der Waals surface area contributed by atoms with Gasteiger partial charge in [0.25, 0.3) is 0 Å². The van der Waals surface area contributed by atoms with Crippen LogP contribution in [0.1, 0.15) is 23.6 Å². The second-order valence-electron chi connectivity index (χ2n) is 4.91. The van der Waals surface area contributed by atoms with E-state index < -0.39 is 5.54 Å². The van der Waals surface area contributed by atoms with Crippen LogP contribution in [0.4, 0.5) is 0 Å². The highest BCUT2D eigenvalue weighted by atomic mass is 79.9. The van der Waals surface area contributed by atoms with Crippen molar-refractivity contribution in [3.05, 3.63) is 63.6 Å². The Bertz CT molecular complexity index is 576. The molecule has 0 aliphatic rings. The molecule has 0 aliphatic carbocycles. The molecule has 0 bridgehead atoms. The second kappa shape index (κ2) is 5.35. The average Bonchev–Trinajstić information content (AvgIpc) is 2.39. The van der Waals surface area contributed by atoms with Gasteiger partial charge in [-0.05, 0) is 37.6 Å². The molecule has 0 fully saturated rings. The number of benzene rings is 2. The van der Waals surface area contributed by atoms with Gasteiger partial charge in [0.15, 0.2) is 0 Å². The van der Waals surface area contributed by atoms with Gasteiger partial charge in [-0.15, -0.1) is 0 Å². The third kappa shape index (κ3) is 2.82. The summed E-state index contributed by atoms with van der Waals surface area (Å²) in [5.74, 6) is 0.818. The molecule has 2 aromatic carbocycles. The van der Waals surface area contributed by atoms with Gasteiger partial charge >= 0.3 is 0 Å². The molecule has 0 amide bonds. The number of nitrogens with two attached hydrogens (primary N) is 1. The largest absolute Gasteiger partial charge is 0.496 e. The molecule has 1 unspecified atom stereocenters. The van der Waals surface area contributed by atoms with Crippen LogP contribution in [0.3, 0.4) is 0 Å². The van der Waals surface area contributed by atoms with E-state index in [1.165, 1.54) is 5.56 Å². The fourth-order valence-corrected chi connectivity index (χ4v) is 2.44. The van der Waals surface area contributed by atoms with Crippen LogP contribution >= 0.6 is 15.9 Å². The lowest BCUT2D eigenvalue weighted by Crippen LogP contribution is -2.34. The normalized spacial score (nSPS) is 13.9. The van der Waals surface area contributed by atoms with Crippen molar-refractivity contribution in [1.29, 1.82) is 0 Å². The van der Waals surface area contributed by atoms with Gasteiger partial charge in [-0.2, -0.15) is 0 Å². The molecule has 2 N–H and O–H groups in total. The third-order valence-corrected chi connectivity index (χ3v) is 3.89. The lowest BCUT2D eigenvalue weighted by Gasteiger charge is -2.28. The zero-order valence-electron chi connectivity index (χ0n) is 11.4. The summed E-state index contributed by atoms with van der Waals surface area (Å²) in [6.45, 7) is 4.06. The van der Waals surface area contributed by atoms with Crippen LogP contribution in [0.15, 0.2) is 46.9 Å². The van der Waals surface area contributed by atoms with Crippen molar-refractivity contribution in [3.63, 3.8) is 0 Å². The summed E-state index contributed by atoms with van der Waals surface area (Å²) in [4.78, 5) is 0. The number of halogens is 1. The average molecular weight is 320 g/mol. The zero-order chi connectivity index (χ0) is 14.0. The summed E-state index contributed by atoms with van der Waals surface area (Å²) in [6.07, 6.45) is 0. The fourth-order valence-electron chi connectivity index (χ4n) is 2.18. The standard InChI is InChI=1S/C16H18BrNO/c1-11-4-9-15(19-3)14(10-11)16(2,18)12-5-7-13(17)8-6-12/h4-10H,18H2,1-3H3. The first-order chi connectivity index (χ1) is 8.95. The van der Waals surface area contributed by atoms with E-state index >= 15 is 0 Å². The van der Waals surface area contributed by atoms with Crippen molar-refractivity contribution >= 4 is 15.9 Å². The molecule has 3 heteroatoms. The van der Waals surface area contributed by atoms with E-state index in [0.717, 1.165) is 21.3 Å². The molecule has 0 aromatic heterocycles. The minimum Gasteiger partial charge on any atom is -0.496 e. The van der Waals surface area contributed by atoms with Crippen LogP contribution in [0.5, 0.6) is 5.75 Å². The summed E-state index contributed by atoms with van der Waals surface area (Å²) in [5.41, 5.74) is 9.20. The number of rotatable bonds is 3. The Morgan fingerprint density at radius 3 is 2.32 bits per heavy atom. The Balaban J connectivity index is 2.55. The van der Waals surface area contributed by atoms with Gasteiger partial charge in [0.05, 0.1) is 12.6 Å². The molecule has 2 nitrogen and oxygen atoms in total. The topological polar surface area (TPSA) is 35.2 Å². The second-order valence-corrected chi connectivity index (χ2v) is 5.83. The third-order valence-electron chi connectivity index (χ3n) is 3.36. The van der Waals surface area contributed by atoms with Crippen LogP contribution in [0.25, 0.3) is 0 Å². The minimum atomic E-state index is -0.585. The van der Waals surface area contributed by atoms with Crippen LogP contribution in [0, 0.1) is 6.92 Å². The van der Waals surface area contributed by atoms with Gasteiger partial charge in [-0.1, -0.05) is 45.8 Å². The maximum Gasteiger partial charge on any atom is 0.124 e. The van der Waals surface area contributed by atoms with Crippen LogP contribution < -0.4 is 10.5 Å². The Morgan fingerprint density at radius 2 is 1.74 bits per heavy atom. The Kier molecular flexibility index (Phi) is 3.97. The molecular weight excluding hydrogens is 302 g/mol. The number of ether oxygens (including phenoxy) is 1. The smallest absolute Gasteiger partial charge is 0.124 e. The highest BCUT2D eigenvalue weighted by molar-refractivity contribution is 9.10. The molecule has 19 heavy (non-hydrogen) atoms. The van der Waals surface area contributed by atoms with Crippen molar-refractivity contribution < 1.29 is 4.74 Å². The van der Waals surface area contributed by atoms with E-state index in [2.05, 4.69) is 28.9 Å². The van der Waals surface area contributed by atoms with E-state index in [-0.39, 0.29) is 0 Å². The molecule has 0 saturated heterocycles. The molecular formula is C16H18BrNO. The summed E-state index contributed by atoms with van der Waals surface area (Å²) in [5, 5.41) is 0. The molecule has 0 saturated carbocycles. The summed E-state index contributed by atoms with van der Waals surface area (Å²) >= 11 is 3.44. The molecule has 1 atom stereocenters. The molecule has 2 rings (SSSR count). The van der Waals surface area contributed by atoms with E-state index in [4.69, 9.17) is 10.5 Å². The number of methoxy groups -OCH3 is 1. The van der Waals surface area contributed by atoms with Crippen molar-refractivity contribution in [2.75, 3.05) is 7.11 Å². The summed E-state index contributed by atoms with van der Waals surface area (Å²) < 4.78 is 6.49. The maximum atomic E-state index is 6.56. The summed E-state index contributed by atoms with van der Waals surface area (Å²) in [7, 11) is 1.67. The monoisotopic (exact) mass is 319 g/mol. The van der Waals surface area contributed by atoms with Crippen molar-refractivity contribution in [1.82, 2.24) is 0 Å². The number of aryl methyl sites for hydroxylation is 1. The van der Waals surface area contributed by atoms with E-state index in [1.807, 2.05) is 43.3 Å². The number of hydrogen-bond donors (Lipinski definition) is 1. The molecule has 0 spiro atoms. The van der Waals surface area contributed by atoms with Gasteiger partial charge in [0, 0.05) is 10.0 Å². The van der Waals surface area contributed by atoms with Crippen molar-refractivity contribution in [2.45, 2.75) is 19.4 Å². The Morgan fingerprint density at radius 1 is 1.11 bits per heavy atom. The Labute approximate surface area is 122 Å². The van der Waals surface area contributed by atoms with E-state index in [9.17, 15) is 0 Å².